The van der Waals surface area contributed by atoms with Crippen molar-refractivity contribution in [2.75, 3.05) is 6.61 Å². The topological polar surface area (TPSA) is 9.23 Å². The van der Waals surface area contributed by atoms with E-state index >= 15 is 0 Å². The molecule has 0 N–H and O–H groups in total. The van der Waals surface area contributed by atoms with Crippen molar-refractivity contribution in [2.24, 2.45) is 0 Å². The van der Waals surface area contributed by atoms with Crippen molar-refractivity contribution in [1.29, 1.82) is 0 Å². The third-order valence-electron chi connectivity index (χ3n) is 5.89. The number of benzene rings is 4. The first-order chi connectivity index (χ1) is 17.8. The quantitative estimate of drug-likeness (QED) is 0.138. The van der Waals surface area contributed by atoms with Crippen molar-refractivity contribution in [3.63, 3.8) is 0 Å². The molecule has 4 aromatic carbocycles. The van der Waals surface area contributed by atoms with E-state index in [4.69, 9.17) is 4.74 Å². The number of hydrogen-bond acceptors (Lipinski definition) is 1. The molecule has 0 amide bonds. The van der Waals surface area contributed by atoms with Crippen LogP contribution >= 0.6 is 0 Å². The van der Waals surface area contributed by atoms with E-state index in [1.54, 1.807) is 0 Å². The first kappa shape index (κ1) is 26.2. The molecule has 1 nitrogen and oxygen atoms in total. The van der Waals surface area contributed by atoms with Gasteiger partial charge in [0.2, 0.25) is 0 Å². The smallest absolute Gasteiger partial charge is 0.166 e. The third kappa shape index (κ3) is 6.08. The number of hydrogen-bond donors (Lipinski definition) is 0. The highest BCUT2D eigenvalue weighted by Crippen LogP contribution is 2.24. The molecule has 0 unspecified atom stereocenters. The van der Waals surface area contributed by atoms with Gasteiger partial charge in [-0.3, -0.25) is 0 Å². The summed E-state index contributed by atoms with van der Waals surface area (Å²) in [4.78, 5) is 0. The number of aryl methyl sites for hydroxylation is 1. The second-order valence-corrected chi connectivity index (χ2v) is 8.55. The standard InChI is InChI=1S/C30H22F6O/c1-2-3-12-37-21-16-28(34)24(29(35)17-21)10-6-19-14-26(32)23(27(33)15-19)9-5-18-4-8-22-20(13-18)7-11-25(31)30(22)36/h4,7-8,11,13-17H,2-3,6,10,12H2,1H3. The van der Waals surface area contributed by atoms with E-state index in [2.05, 4.69) is 11.8 Å². The van der Waals surface area contributed by atoms with Crippen LogP contribution in [0.15, 0.2) is 54.6 Å². The molecule has 0 aliphatic rings. The molecule has 0 aliphatic heterocycles. The van der Waals surface area contributed by atoms with Gasteiger partial charge in [-0.25, -0.2) is 26.3 Å². The van der Waals surface area contributed by atoms with E-state index in [1.807, 2.05) is 6.92 Å². The lowest BCUT2D eigenvalue weighted by molar-refractivity contribution is 0.305. The molecule has 0 saturated carbocycles. The molecule has 0 radical (unpaired) electrons. The van der Waals surface area contributed by atoms with E-state index in [9.17, 15) is 26.3 Å². The van der Waals surface area contributed by atoms with Crippen LogP contribution in [-0.2, 0) is 12.8 Å². The molecular weight excluding hydrogens is 490 g/mol. The average Bonchev–Trinajstić information content (AvgIpc) is 2.85. The highest BCUT2D eigenvalue weighted by molar-refractivity contribution is 5.84. The summed E-state index contributed by atoms with van der Waals surface area (Å²) in [5.74, 6) is -0.217. The summed E-state index contributed by atoms with van der Waals surface area (Å²) in [6.45, 7) is 2.32. The molecule has 0 aliphatic carbocycles. The monoisotopic (exact) mass is 512 g/mol. The fraction of sp³-hybridized carbons (Fsp3) is 0.200. The van der Waals surface area contributed by atoms with Crippen molar-refractivity contribution in [3.8, 4) is 17.6 Å². The van der Waals surface area contributed by atoms with Crippen LogP contribution in [-0.4, -0.2) is 6.61 Å². The average molecular weight is 512 g/mol. The Morgan fingerprint density at radius 1 is 0.703 bits per heavy atom. The summed E-state index contributed by atoms with van der Waals surface area (Å²) in [7, 11) is 0. The van der Waals surface area contributed by atoms with Crippen LogP contribution in [0.25, 0.3) is 10.8 Å². The normalized spacial score (nSPS) is 10.9. The molecule has 0 spiro atoms. The molecule has 190 valence electrons. The first-order valence-corrected chi connectivity index (χ1v) is 11.7. The molecule has 7 heteroatoms. The molecule has 4 aromatic rings. The maximum atomic E-state index is 14.7. The molecule has 0 heterocycles. The van der Waals surface area contributed by atoms with E-state index < -0.39 is 40.5 Å². The fourth-order valence-electron chi connectivity index (χ4n) is 3.87. The lowest BCUT2D eigenvalue weighted by atomic mass is 10.0. The van der Waals surface area contributed by atoms with Gasteiger partial charge >= 0.3 is 0 Å². The Kier molecular flexibility index (Phi) is 8.08. The van der Waals surface area contributed by atoms with Crippen molar-refractivity contribution < 1.29 is 31.1 Å². The Labute approximate surface area is 210 Å². The number of fused-ring (bicyclic) bond motifs is 1. The van der Waals surface area contributed by atoms with Crippen molar-refractivity contribution in [1.82, 2.24) is 0 Å². The Morgan fingerprint density at radius 2 is 1.41 bits per heavy atom. The Hall–Kier alpha value is -3.92. The first-order valence-electron chi connectivity index (χ1n) is 11.7. The van der Waals surface area contributed by atoms with Gasteiger partial charge in [-0.2, -0.15) is 0 Å². The van der Waals surface area contributed by atoms with Crippen LogP contribution in [0, 0.1) is 46.7 Å². The zero-order valence-corrected chi connectivity index (χ0v) is 19.9. The van der Waals surface area contributed by atoms with Crippen LogP contribution < -0.4 is 4.74 Å². The van der Waals surface area contributed by atoms with Crippen molar-refractivity contribution in [2.45, 2.75) is 32.6 Å². The Bertz CT molecular complexity index is 1470. The summed E-state index contributed by atoms with van der Waals surface area (Å²) in [6, 6.07) is 11.0. The zero-order valence-electron chi connectivity index (χ0n) is 19.9. The minimum atomic E-state index is -0.985. The van der Waals surface area contributed by atoms with Crippen LogP contribution in [0.1, 0.15) is 42.0 Å². The maximum Gasteiger partial charge on any atom is 0.166 e. The van der Waals surface area contributed by atoms with Gasteiger partial charge in [0.15, 0.2) is 11.6 Å². The number of ether oxygens (including phenoxy) is 1. The van der Waals surface area contributed by atoms with E-state index in [1.165, 1.54) is 24.3 Å². The van der Waals surface area contributed by atoms with Gasteiger partial charge in [-0.1, -0.05) is 37.3 Å². The number of halogens is 6. The molecule has 0 atom stereocenters. The maximum absolute atomic E-state index is 14.7. The van der Waals surface area contributed by atoms with Gasteiger partial charge in [0.1, 0.15) is 29.0 Å². The summed E-state index contributed by atoms with van der Waals surface area (Å²) < 4.78 is 90.7. The van der Waals surface area contributed by atoms with Crippen molar-refractivity contribution >= 4 is 10.8 Å². The van der Waals surface area contributed by atoms with Crippen molar-refractivity contribution in [3.05, 3.63) is 112 Å². The van der Waals surface area contributed by atoms with Crippen LogP contribution in [0.5, 0.6) is 5.75 Å². The summed E-state index contributed by atoms with van der Waals surface area (Å²) >= 11 is 0. The minimum absolute atomic E-state index is 0.00176. The van der Waals surface area contributed by atoms with Gasteiger partial charge in [0.05, 0.1) is 12.2 Å². The Balaban J connectivity index is 1.49. The highest BCUT2D eigenvalue weighted by atomic mass is 19.2. The molecule has 0 aromatic heterocycles. The summed E-state index contributed by atoms with van der Waals surface area (Å²) in [6.07, 6.45) is 1.53. The molecular formula is C30H22F6O. The number of rotatable bonds is 7. The van der Waals surface area contributed by atoms with E-state index in [0.717, 1.165) is 43.2 Å². The van der Waals surface area contributed by atoms with E-state index in [-0.39, 0.29) is 35.1 Å². The summed E-state index contributed by atoms with van der Waals surface area (Å²) in [5.41, 5.74) is -0.0968. The van der Waals surface area contributed by atoms with Crippen LogP contribution in [0.4, 0.5) is 26.3 Å². The van der Waals surface area contributed by atoms with Gasteiger partial charge in [0, 0.05) is 28.6 Å². The fourth-order valence-corrected chi connectivity index (χ4v) is 3.87. The second-order valence-electron chi connectivity index (χ2n) is 8.55. The predicted molar refractivity (Wildman–Crippen MR) is 130 cm³/mol. The lowest BCUT2D eigenvalue weighted by Crippen LogP contribution is -2.03. The second kappa shape index (κ2) is 11.4. The highest BCUT2D eigenvalue weighted by Gasteiger charge is 2.15. The minimum Gasteiger partial charge on any atom is -0.493 e. The summed E-state index contributed by atoms with van der Waals surface area (Å²) in [5, 5.41) is 0.459. The molecule has 0 saturated heterocycles. The van der Waals surface area contributed by atoms with E-state index in [0.29, 0.717) is 17.6 Å². The number of unbranched alkanes of at least 4 members (excludes halogenated alkanes) is 1. The third-order valence-corrected chi connectivity index (χ3v) is 5.89. The van der Waals surface area contributed by atoms with Crippen LogP contribution in [0.2, 0.25) is 0 Å². The molecule has 4 rings (SSSR count). The SMILES string of the molecule is CCCCOc1cc(F)c(CCc2cc(F)c(C#Cc3ccc4c(F)c(F)ccc4c3)c(F)c2)c(F)c1. The molecule has 0 fully saturated rings. The lowest BCUT2D eigenvalue weighted by Gasteiger charge is -2.10. The zero-order chi connectivity index (χ0) is 26.5. The van der Waals surface area contributed by atoms with Gasteiger partial charge in [-0.05, 0) is 60.5 Å². The largest absolute Gasteiger partial charge is 0.493 e. The predicted octanol–water partition coefficient (Wildman–Crippen LogP) is 8.04. The van der Waals surface area contributed by atoms with Gasteiger partial charge in [-0.15, -0.1) is 0 Å². The molecule has 37 heavy (non-hydrogen) atoms. The van der Waals surface area contributed by atoms with Gasteiger partial charge in [0.25, 0.3) is 0 Å². The Morgan fingerprint density at radius 3 is 2.08 bits per heavy atom. The molecule has 0 bridgehead atoms. The van der Waals surface area contributed by atoms with Crippen LogP contribution in [0.3, 0.4) is 0 Å². The van der Waals surface area contributed by atoms with Gasteiger partial charge < -0.3 is 4.74 Å².